The number of aliphatic carboxylic acids is 1. The van der Waals surface area contributed by atoms with Crippen LogP contribution in [0.3, 0.4) is 0 Å². The summed E-state index contributed by atoms with van der Waals surface area (Å²) >= 11 is 5.60. The average Bonchev–Trinajstić information content (AvgIpc) is 2.19. The minimum absolute atomic E-state index is 0.0349. The number of carboxylic acid groups (broad SMARTS) is 1. The fourth-order valence-electron chi connectivity index (χ4n) is 1.38. The van der Waals surface area contributed by atoms with Gasteiger partial charge in [0.15, 0.2) is 0 Å². The van der Waals surface area contributed by atoms with E-state index in [1.807, 2.05) is 0 Å². The average molecular weight is 231 g/mol. The van der Waals surface area contributed by atoms with Crippen LogP contribution in [0, 0.1) is 11.7 Å². The third-order valence-corrected chi connectivity index (χ3v) is 2.63. The highest BCUT2D eigenvalue weighted by Crippen LogP contribution is 2.21. The van der Waals surface area contributed by atoms with Gasteiger partial charge in [-0.05, 0) is 24.5 Å². The van der Waals surface area contributed by atoms with Crippen molar-refractivity contribution in [2.45, 2.75) is 19.8 Å². The molecule has 1 unspecified atom stereocenters. The molecule has 0 fully saturated rings. The summed E-state index contributed by atoms with van der Waals surface area (Å²) < 4.78 is 13.4. The zero-order valence-corrected chi connectivity index (χ0v) is 9.09. The van der Waals surface area contributed by atoms with Gasteiger partial charge < -0.3 is 5.11 Å². The molecule has 82 valence electrons. The normalized spacial score (nSPS) is 12.5. The molecule has 0 aromatic heterocycles. The zero-order valence-electron chi connectivity index (χ0n) is 8.34. The Morgan fingerprint density at radius 3 is 2.80 bits per heavy atom. The second-order valence-corrected chi connectivity index (χ2v) is 3.77. The minimum Gasteiger partial charge on any atom is -0.481 e. The largest absolute Gasteiger partial charge is 0.481 e. The van der Waals surface area contributed by atoms with E-state index in [1.54, 1.807) is 19.1 Å². The number of halogens is 2. The van der Waals surface area contributed by atoms with E-state index in [0.717, 1.165) is 0 Å². The van der Waals surface area contributed by atoms with Gasteiger partial charge in [-0.1, -0.05) is 30.7 Å². The molecule has 15 heavy (non-hydrogen) atoms. The number of hydrogen-bond donors (Lipinski definition) is 1. The number of carboxylic acids is 1. The van der Waals surface area contributed by atoms with Crippen LogP contribution in [0.1, 0.15) is 18.9 Å². The Morgan fingerprint density at radius 1 is 1.60 bits per heavy atom. The van der Waals surface area contributed by atoms with Crippen LogP contribution in [0.25, 0.3) is 0 Å². The quantitative estimate of drug-likeness (QED) is 0.863. The lowest BCUT2D eigenvalue weighted by Crippen LogP contribution is -2.16. The maximum absolute atomic E-state index is 13.4. The van der Waals surface area contributed by atoms with Crippen LogP contribution in [0.5, 0.6) is 0 Å². The molecule has 2 nitrogen and oxygen atoms in total. The van der Waals surface area contributed by atoms with Crippen LogP contribution in [-0.2, 0) is 11.2 Å². The molecule has 1 atom stereocenters. The summed E-state index contributed by atoms with van der Waals surface area (Å²) in [4.78, 5) is 10.8. The Labute approximate surface area is 92.7 Å². The van der Waals surface area contributed by atoms with Gasteiger partial charge in [-0.3, -0.25) is 4.79 Å². The molecule has 1 rings (SSSR count). The van der Waals surface area contributed by atoms with Crippen molar-refractivity contribution in [3.8, 4) is 0 Å². The van der Waals surface area contributed by atoms with Crippen molar-refractivity contribution in [3.05, 3.63) is 34.6 Å². The van der Waals surface area contributed by atoms with Crippen LogP contribution < -0.4 is 0 Å². The van der Waals surface area contributed by atoms with Gasteiger partial charge in [-0.2, -0.15) is 0 Å². The fourth-order valence-corrected chi connectivity index (χ4v) is 1.57. The van der Waals surface area contributed by atoms with Crippen LogP contribution in [-0.4, -0.2) is 11.1 Å². The Balaban J connectivity index is 2.88. The highest BCUT2D eigenvalue weighted by Gasteiger charge is 2.18. The first-order valence-electron chi connectivity index (χ1n) is 4.72. The molecule has 0 aliphatic carbocycles. The second-order valence-electron chi connectivity index (χ2n) is 3.36. The summed E-state index contributed by atoms with van der Waals surface area (Å²) in [6, 6.07) is 4.63. The highest BCUT2D eigenvalue weighted by molar-refractivity contribution is 6.30. The minimum atomic E-state index is -0.906. The molecule has 0 bridgehead atoms. The first-order valence-corrected chi connectivity index (χ1v) is 5.09. The predicted molar refractivity (Wildman–Crippen MR) is 56.5 cm³/mol. The van der Waals surface area contributed by atoms with Gasteiger partial charge in [-0.25, -0.2) is 4.39 Å². The van der Waals surface area contributed by atoms with Gasteiger partial charge >= 0.3 is 5.97 Å². The first kappa shape index (κ1) is 12.0. The molecule has 4 heteroatoms. The maximum Gasteiger partial charge on any atom is 0.306 e. The number of hydrogen-bond acceptors (Lipinski definition) is 1. The molecule has 0 saturated heterocycles. The standard InChI is InChI=1S/C11H12ClFO2/c1-2-7(11(14)15)6-8-4-3-5-9(12)10(8)13/h3-5,7H,2,6H2,1H3,(H,14,15). The van der Waals surface area contributed by atoms with E-state index in [4.69, 9.17) is 16.7 Å². The van der Waals surface area contributed by atoms with Gasteiger partial charge in [0.1, 0.15) is 5.82 Å². The van der Waals surface area contributed by atoms with E-state index < -0.39 is 17.7 Å². The summed E-state index contributed by atoms with van der Waals surface area (Å²) in [6.07, 6.45) is 0.652. The van der Waals surface area contributed by atoms with Gasteiger partial charge in [0.05, 0.1) is 10.9 Å². The molecule has 0 saturated carbocycles. The van der Waals surface area contributed by atoms with Crippen molar-refractivity contribution in [1.82, 2.24) is 0 Å². The molecule has 0 aliphatic heterocycles. The Bertz CT molecular complexity index is 366. The highest BCUT2D eigenvalue weighted by atomic mass is 35.5. The van der Waals surface area contributed by atoms with Crippen molar-refractivity contribution in [2.75, 3.05) is 0 Å². The summed E-state index contributed by atoms with van der Waals surface area (Å²) in [7, 11) is 0. The molecular weight excluding hydrogens is 219 g/mol. The van der Waals surface area contributed by atoms with E-state index in [0.29, 0.717) is 12.0 Å². The number of carbonyl (C=O) groups is 1. The van der Waals surface area contributed by atoms with Crippen LogP contribution in [0.15, 0.2) is 18.2 Å². The SMILES string of the molecule is CCC(Cc1cccc(Cl)c1F)C(=O)O. The second kappa shape index (κ2) is 5.12. The molecule has 0 radical (unpaired) electrons. The predicted octanol–water partition coefficient (Wildman–Crippen LogP) is 3.13. The van der Waals surface area contributed by atoms with Crippen molar-refractivity contribution < 1.29 is 14.3 Å². The lowest BCUT2D eigenvalue weighted by atomic mass is 9.97. The summed E-state index contributed by atoms with van der Waals surface area (Å²) in [5.41, 5.74) is 0.358. The number of benzene rings is 1. The van der Waals surface area contributed by atoms with E-state index in [1.165, 1.54) is 6.07 Å². The Morgan fingerprint density at radius 2 is 2.27 bits per heavy atom. The van der Waals surface area contributed by atoms with Gasteiger partial charge in [0.2, 0.25) is 0 Å². The topological polar surface area (TPSA) is 37.3 Å². The van der Waals surface area contributed by atoms with E-state index >= 15 is 0 Å². The van der Waals surface area contributed by atoms with E-state index in [-0.39, 0.29) is 11.4 Å². The van der Waals surface area contributed by atoms with Crippen LogP contribution >= 0.6 is 11.6 Å². The van der Waals surface area contributed by atoms with Gasteiger partial charge in [0, 0.05) is 0 Å². The lowest BCUT2D eigenvalue weighted by molar-refractivity contribution is -0.141. The third kappa shape index (κ3) is 2.93. The van der Waals surface area contributed by atoms with Crippen molar-refractivity contribution in [1.29, 1.82) is 0 Å². The first-order chi connectivity index (χ1) is 7.06. The molecule has 0 amide bonds. The van der Waals surface area contributed by atoms with E-state index in [2.05, 4.69) is 0 Å². The van der Waals surface area contributed by atoms with Gasteiger partial charge in [0.25, 0.3) is 0 Å². The Hall–Kier alpha value is -1.09. The van der Waals surface area contributed by atoms with Crippen LogP contribution in [0.2, 0.25) is 5.02 Å². The molecule has 1 aromatic carbocycles. The summed E-state index contributed by atoms with van der Waals surface area (Å²) in [5.74, 6) is -1.98. The van der Waals surface area contributed by atoms with Gasteiger partial charge in [-0.15, -0.1) is 0 Å². The molecule has 1 aromatic rings. The summed E-state index contributed by atoms with van der Waals surface area (Å²) in [5, 5.41) is 8.87. The summed E-state index contributed by atoms with van der Waals surface area (Å²) in [6.45, 7) is 1.77. The van der Waals surface area contributed by atoms with Crippen molar-refractivity contribution in [2.24, 2.45) is 5.92 Å². The van der Waals surface area contributed by atoms with E-state index in [9.17, 15) is 9.18 Å². The van der Waals surface area contributed by atoms with Crippen LogP contribution in [0.4, 0.5) is 4.39 Å². The lowest BCUT2D eigenvalue weighted by Gasteiger charge is -2.10. The molecule has 0 heterocycles. The Kier molecular flexibility index (Phi) is 4.09. The zero-order chi connectivity index (χ0) is 11.4. The molecular formula is C11H12ClFO2. The smallest absolute Gasteiger partial charge is 0.306 e. The fraction of sp³-hybridized carbons (Fsp3) is 0.364. The third-order valence-electron chi connectivity index (χ3n) is 2.34. The maximum atomic E-state index is 13.4. The van der Waals surface area contributed by atoms with Crippen molar-refractivity contribution >= 4 is 17.6 Å². The molecule has 0 spiro atoms. The molecule has 1 N–H and O–H groups in total. The number of rotatable bonds is 4. The monoisotopic (exact) mass is 230 g/mol. The van der Waals surface area contributed by atoms with Crippen molar-refractivity contribution in [3.63, 3.8) is 0 Å². The molecule has 0 aliphatic rings.